The van der Waals surface area contributed by atoms with E-state index in [9.17, 15) is 4.79 Å². The van der Waals surface area contributed by atoms with E-state index in [1.165, 1.54) is 0 Å². The average Bonchev–Trinajstić information content (AvgIpc) is 3.35. The summed E-state index contributed by atoms with van der Waals surface area (Å²) < 4.78 is 1.62. The van der Waals surface area contributed by atoms with E-state index in [0.29, 0.717) is 6.54 Å². The van der Waals surface area contributed by atoms with Crippen molar-refractivity contribution in [3.05, 3.63) is 53.9 Å². The Morgan fingerprint density at radius 3 is 2.61 bits per heavy atom. The number of carbonyl (C=O) groups is 1. The number of anilines is 2. The lowest BCUT2D eigenvalue weighted by atomic mass is 10.1. The Labute approximate surface area is 185 Å². The third-order valence-electron chi connectivity index (χ3n) is 4.71. The van der Waals surface area contributed by atoms with Crippen LogP contribution in [-0.4, -0.2) is 63.6 Å². The Morgan fingerprint density at radius 2 is 1.90 bits per heavy atom. The first-order valence-corrected chi connectivity index (χ1v) is 10.8. The lowest BCUT2D eigenvalue weighted by Crippen LogP contribution is -2.26. The van der Waals surface area contributed by atoms with Crippen LogP contribution in [0.5, 0.6) is 0 Å². The van der Waals surface area contributed by atoms with Crippen molar-refractivity contribution in [3.63, 3.8) is 0 Å². The summed E-state index contributed by atoms with van der Waals surface area (Å²) >= 11 is 1.61. The molecular weight excluding hydrogens is 410 g/mol. The highest BCUT2D eigenvalue weighted by Crippen LogP contribution is 2.37. The molecule has 0 saturated heterocycles. The minimum absolute atomic E-state index is 0.0171. The second-order valence-corrected chi connectivity index (χ2v) is 8.62. The van der Waals surface area contributed by atoms with Crippen LogP contribution in [0.15, 0.2) is 48.1 Å². The van der Waals surface area contributed by atoms with E-state index in [0.717, 1.165) is 38.7 Å². The quantitative estimate of drug-likeness (QED) is 0.479. The highest BCUT2D eigenvalue weighted by Gasteiger charge is 2.17. The molecule has 8 nitrogen and oxygen atoms in total. The van der Waals surface area contributed by atoms with Gasteiger partial charge in [0.25, 0.3) is 0 Å². The number of rotatable bonds is 7. The van der Waals surface area contributed by atoms with E-state index in [1.54, 1.807) is 41.2 Å². The maximum absolute atomic E-state index is 12.0. The number of aromatic nitrogens is 4. The van der Waals surface area contributed by atoms with Crippen molar-refractivity contribution in [2.45, 2.75) is 13.1 Å². The molecule has 0 aliphatic carbocycles. The molecule has 0 unspecified atom stereocenters. The predicted molar refractivity (Wildman–Crippen MR) is 124 cm³/mol. The van der Waals surface area contributed by atoms with E-state index in [2.05, 4.69) is 27.9 Å². The summed E-state index contributed by atoms with van der Waals surface area (Å²) in [6, 6.07) is 10.2. The van der Waals surface area contributed by atoms with Crippen LogP contribution in [0.3, 0.4) is 0 Å². The molecule has 1 N–H and O–H groups in total. The van der Waals surface area contributed by atoms with Crippen molar-refractivity contribution in [2.75, 3.05) is 33.5 Å². The van der Waals surface area contributed by atoms with Crippen LogP contribution in [0.1, 0.15) is 5.82 Å². The van der Waals surface area contributed by atoms with E-state index in [-0.39, 0.29) is 12.5 Å². The van der Waals surface area contributed by atoms with Crippen LogP contribution in [0.2, 0.25) is 0 Å². The first kappa shape index (κ1) is 21.0. The Kier molecular flexibility index (Phi) is 5.97. The number of fused-ring (bicyclic) bond motifs is 1. The fourth-order valence-electron chi connectivity index (χ4n) is 3.19. The molecule has 1 amide bonds. The standard InChI is InChI=1S/C22H25N7OS/c1-27(2)12-18-25-21(24-16-10-23-29(11-16)13-19(30)28(3)4)20-17(14-31-22(20)26-18)15-8-6-5-7-9-15/h5-11,14H,12-13H2,1-4H3,(H,24,25,26). The van der Waals surface area contributed by atoms with Gasteiger partial charge in [0, 0.05) is 31.2 Å². The van der Waals surface area contributed by atoms with Crippen molar-refractivity contribution in [3.8, 4) is 11.1 Å². The summed E-state index contributed by atoms with van der Waals surface area (Å²) in [4.78, 5) is 26.1. The van der Waals surface area contributed by atoms with Gasteiger partial charge in [0.2, 0.25) is 5.91 Å². The minimum atomic E-state index is -0.0171. The van der Waals surface area contributed by atoms with Gasteiger partial charge in [0.05, 0.1) is 23.8 Å². The molecule has 3 aromatic heterocycles. The van der Waals surface area contributed by atoms with Gasteiger partial charge >= 0.3 is 0 Å². The Balaban J connectivity index is 1.73. The van der Waals surface area contributed by atoms with Gasteiger partial charge in [-0.15, -0.1) is 11.3 Å². The molecule has 0 aliphatic rings. The number of amides is 1. The van der Waals surface area contributed by atoms with Gasteiger partial charge in [-0.3, -0.25) is 9.48 Å². The van der Waals surface area contributed by atoms with Crippen molar-refractivity contribution in [1.82, 2.24) is 29.5 Å². The summed E-state index contributed by atoms with van der Waals surface area (Å²) in [6.45, 7) is 0.827. The third-order valence-corrected chi connectivity index (χ3v) is 5.59. The van der Waals surface area contributed by atoms with Crippen LogP contribution in [0.25, 0.3) is 21.3 Å². The maximum atomic E-state index is 12.0. The summed E-state index contributed by atoms with van der Waals surface area (Å²) in [5, 5.41) is 10.8. The number of likely N-dealkylation sites (N-methyl/N-ethyl adjacent to an activating group) is 1. The van der Waals surface area contributed by atoms with Crippen molar-refractivity contribution >= 4 is 39.0 Å². The predicted octanol–water partition coefficient (Wildman–Crippen LogP) is 3.45. The Bertz CT molecular complexity index is 1200. The molecule has 0 saturated carbocycles. The zero-order valence-corrected chi connectivity index (χ0v) is 18.8. The molecule has 3 heterocycles. The second kappa shape index (κ2) is 8.83. The molecule has 0 spiro atoms. The molecule has 0 bridgehead atoms. The van der Waals surface area contributed by atoms with Gasteiger partial charge in [0.15, 0.2) is 0 Å². The highest BCUT2D eigenvalue weighted by atomic mass is 32.1. The number of carbonyl (C=O) groups excluding carboxylic acids is 1. The van der Waals surface area contributed by atoms with E-state index in [1.807, 2.05) is 43.4 Å². The molecule has 0 radical (unpaired) electrons. The molecule has 4 aromatic rings. The zero-order chi connectivity index (χ0) is 22.0. The fourth-order valence-corrected chi connectivity index (χ4v) is 4.16. The van der Waals surface area contributed by atoms with Crippen LogP contribution >= 0.6 is 11.3 Å². The van der Waals surface area contributed by atoms with E-state index >= 15 is 0 Å². The number of nitrogens with zero attached hydrogens (tertiary/aromatic N) is 6. The average molecular weight is 436 g/mol. The van der Waals surface area contributed by atoms with Crippen molar-refractivity contribution in [1.29, 1.82) is 0 Å². The van der Waals surface area contributed by atoms with Crippen LogP contribution in [-0.2, 0) is 17.9 Å². The Morgan fingerprint density at radius 1 is 1.13 bits per heavy atom. The van der Waals surface area contributed by atoms with Gasteiger partial charge in [-0.1, -0.05) is 30.3 Å². The topological polar surface area (TPSA) is 79.2 Å². The van der Waals surface area contributed by atoms with Crippen LogP contribution < -0.4 is 5.32 Å². The molecule has 0 fully saturated rings. The number of nitrogens with one attached hydrogen (secondary N) is 1. The van der Waals surface area contributed by atoms with Crippen LogP contribution in [0, 0.1) is 0 Å². The minimum Gasteiger partial charge on any atom is -0.347 e. The summed E-state index contributed by atoms with van der Waals surface area (Å²) in [5.41, 5.74) is 2.98. The molecule has 0 atom stereocenters. The first-order valence-electron chi connectivity index (χ1n) is 9.88. The van der Waals surface area contributed by atoms with E-state index in [4.69, 9.17) is 9.97 Å². The lowest BCUT2D eigenvalue weighted by Gasteiger charge is -2.12. The first-order chi connectivity index (χ1) is 14.9. The molecule has 1 aromatic carbocycles. The SMILES string of the molecule is CN(C)Cc1nc(Nc2cnn(CC(=O)N(C)C)c2)c2c(-c3ccccc3)csc2n1. The summed E-state index contributed by atoms with van der Waals surface area (Å²) in [5.74, 6) is 1.47. The fraction of sp³-hybridized carbons (Fsp3) is 0.273. The number of hydrogen-bond donors (Lipinski definition) is 1. The van der Waals surface area contributed by atoms with Gasteiger partial charge in [-0.2, -0.15) is 5.10 Å². The van der Waals surface area contributed by atoms with Gasteiger partial charge in [-0.25, -0.2) is 9.97 Å². The molecular formula is C22H25N7OS. The third kappa shape index (κ3) is 4.73. The monoisotopic (exact) mass is 435 g/mol. The van der Waals surface area contributed by atoms with Crippen LogP contribution in [0.4, 0.5) is 11.5 Å². The largest absolute Gasteiger partial charge is 0.347 e. The Hall–Kier alpha value is -3.30. The maximum Gasteiger partial charge on any atom is 0.243 e. The lowest BCUT2D eigenvalue weighted by molar-refractivity contribution is -0.129. The normalized spacial score (nSPS) is 11.3. The molecule has 9 heteroatoms. The molecule has 31 heavy (non-hydrogen) atoms. The summed E-state index contributed by atoms with van der Waals surface area (Å²) in [7, 11) is 7.46. The number of thiophene rings is 1. The number of hydrogen-bond acceptors (Lipinski definition) is 7. The molecule has 0 aliphatic heterocycles. The van der Waals surface area contributed by atoms with Crippen molar-refractivity contribution in [2.24, 2.45) is 0 Å². The highest BCUT2D eigenvalue weighted by molar-refractivity contribution is 7.17. The van der Waals surface area contributed by atoms with Gasteiger partial charge in [-0.05, 0) is 19.7 Å². The van der Waals surface area contributed by atoms with E-state index < -0.39 is 0 Å². The van der Waals surface area contributed by atoms with Gasteiger partial charge < -0.3 is 15.1 Å². The molecule has 4 rings (SSSR count). The zero-order valence-electron chi connectivity index (χ0n) is 18.0. The van der Waals surface area contributed by atoms with Crippen molar-refractivity contribution < 1.29 is 4.79 Å². The number of benzene rings is 1. The smallest absolute Gasteiger partial charge is 0.243 e. The van der Waals surface area contributed by atoms with Gasteiger partial charge in [0.1, 0.15) is 23.0 Å². The second-order valence-electron chi connectivity index (χ2n) is 7.76. The summed E-state index contributed by atoms with van der Waals surface area (Å²) in [6.07, 6.45) is 3.52. The molecule has 160 valence electrons.